The van der Waals surface area contributed by atoms with E-state index in [-0.39, 0.29) is 30.8 Å². The molecule has 2 heterocycles. The first-order chi connectivity index (χ1) is 13.0. The molecule has 2 aliphatic rings. The molecular formula is C21H17Cl2NO3. The van der Waals surface area contributed by atoms with Gasteiger partial charge in [0.2, 0.25) is 5.91 Å². The van der Waals surface area contributed by atoms with Gasteiger partial charge in [-0.3, -0.25) is 9.69 Å². The van der Waals surface area contributed by atoms with Gasteiger partial charge in [-0.25, -0.2) is 4.79 Å². The van der Waals surface area contributed by atoms with Crippen molar-refractivity contribution in [1.29, 1.82) is 0 Å². The van der Waals surface area contributed by atoms with Crippen LogP contribution in [0, 0.1) is 0 Å². The number of benzene rings is 2. The molecule has 1 atom stereocenters. The number of aryl methyl sites for hydroxylation is 1. The lowest BCUT2D eigenvalue weighted by Crippen LogP contribution is -2.37. The van der Waals surface area contributed by atoms with Crippen LogP contribution < -0.4 is 4.90 Å². The average molecular weight is 402 g/mol. The topological polar surface area (TPSA) is 46.6 Å². The monoisotopic (exact) mass is 401 g/mol. The van der Waals surface area contributed by atoms with Gasteiger partial charge >= 0.3 is 5.97 Å². The maximum atomic E-state index is 13.0. The van der Waals surface area contributed by atoms with Crippen LogP contribution >= 0.6 is 23.2 Å². The van der Waals surface area contributed by atoms with Crippen LogP contribution in [0.25, 0.3) is 0 Å². The van der Waals surface area contributed by atoms with Crippen molar-refractivity contribution in [3.8, 4) is 0 Å². The van der Waals surface area contributed by atoms with E-state index in [2.05, 4.69) is 6.92 Å². The summed E-state index contributed by atoms with van der Waals surface area (Å²) in [5.74, 6) is -0.848. The lowest BCUT2D eigenvalue weighted by atomic mass is 9.84. The predicted octanol–water partition coefficient (Wildman–Crippen LogP) is 4.89. The Balaban J connectivity index is 1.79. The van der Waals surface area contributed by atoms with E-state index in [1.165, 1.54) is 5.56 Å². The predicted molar refractivity (Wildman–Crippen MR) is 105 cm³/mol. The number of carbonyl (C=O) groups excluding carboxylic acids is 2. The molecule has 0 spiro atoms. The van der Waals surface area contributed by atoms with Gasteiger partial charge in [0.1, 0.15) is 6.61 Å². The van der Waals surface area contributed by atoms with Crippen molar-refractivity contribution in [2.24, 2.45) is 0 Å². The van der Waals surface area contributed by atoms with Crippen molar-refractivity contribution < 1.29 is 14.3 Å². The summed E-state index contributed by atoms with van der Waals surface area (Å²) in [4.78, 5) is 27.1. The SMILES string of the molecule is CCc1ccc(N2C(=O)CC(c3ccc(Cl)c(Cl)c3)C3=C2COC3=O)cc1. The smallest absolute Gasteiger partial charge is 0.336 e. The fourth-order valence-electron chi connectivity index (χ4n) is 3.65. The second-order valence-corrected chi connectivity index (χ2v) is 7.43. The Morgan fingerprint density at radius 2 is 1.81 bits per heavy atom. The summed E-state index contributed by atoms with van der Waals surface area (Å²) in [5.41, 5.74) is 3.84. The number of hydrogen-bond donors (Lipinski definition) is 0. The third-order valence-electron chi connectivity index (χ3n) is 5.07. The molecule has 0 bridgehead atoms. The molecule has 138 valence electrons. The highest BCUT2D eigenvalue weighted by Crippen LogP contribution is 2.42. The zero-order chi connectivity index (χ0) is 19.1. The largest absolute Gasteiger partial charge is 0.456 e. The van der Waals surface area contributed by atoms with Gasteiger partial charge in [-0.1, -0.05) is 48.3 Å². The number of ether oxygens (including phenoxy) is 1. The highest BCUT2D eigenvalue weighted by atomic mass is 35.5. The number of esters is 1. The van der Waals surface area contributed by atoms with Crippen LogP contribution in [0.1, 0.15) is 30.4 Å². The van der Waals surface area contributed by atoms with Crippen LogP contribution in [-0.2, 0) is 20.7 Å². The Bertz CT molecular complexity index is 966. The van der Waals surface area contributed by atoms with Crippen LogP contribution in [-0.4, -0.2) is 18.5 Å². The summed E-state index contributed by atoms with van der Waals surface area (Å²) in [7, 11) is 0. The molecule has 2 aliphatic heterocycles. The molecule has 27 heavy (non-hydrogen) atoms. The molecule has 0 saturated heterocycles. The van der Waals surface area contributed by atoms with Crippen molar-refractivity contribution in [2.75, 3.05) is 11.5 Å². The maximum Gasteiger partial charge on any atom is 0.336 e. The summed E-state index contributed by atoms with van der Waals surface area (Å²) in [5, 5.41) is 0.830. The number of halogens is 2. The van der Waals surface area contributed by atoms with E-state index in [1.54, 1.807) is 23.1 Å². The van der Waals surface area contributed by atoms with Crippen molar-refractivity contribution in [3.63, 3.8) is 0 Å². The average Bonchev–Trinajstić information content (AvgIpc) is 3.05. The Kier molecular flexibility index (Phi) is 4.70. The van der Waals surface area contributed by atoms with Crippen molar-refractivity contribution in [3.05, 3.63) is 74.9 Å². The van der Waals surface area contributed by atoms with Gasteiger partial charge in [-0.15, -0.1) is 0 Å². The number of carbonyl (C=O) groups is 2. The van der Waals surface area contributed by atoms with Crippen LogP contribution in [0.2, 0.25) is 10.0 Å². The molecular weight excluding hydrogens is 385 g/mol. The quantitative estimate of drug-likeness (QED) is 0.687. The minimum absolute atomic E-state index is 0.0765. The first-order valence-electron chi connectivity index (χ1n) is 8.76. The second kappa shape index (κ2) is 7.02. The van der Waals surface area contributed by atoms with E-state index < -0.39 is 0 Å². The van der Waals surface area contributed by atoms with Crippen molar-refractivity contribution in [1.82, 2.24) is 0 Å². The van der Waals surface area contributed by atoms with E-state index in [4.69, 9.17) is 27.9 Å². The van der Waals surface area contributed by atoms with Gasteiger partial charge in [0.05, 0.1) is 21.3 Å². The molecule has 0 radical (unpaired) electrons. The molecule has 0 fully saturated rings. The lowest BCUT2D eigenvalue weighted by Gasteiger charge is -2.32. The van der Waals surface area contributed by atoms with E-state index in [0.29, 0.717) is 21.3 Å². The molecule has 0 saturated carbocycles. The number of rotatable bonds is 3. The third kappa shape index (κ3) is 3.13. The zero-order valence-corrected chi connectivity index (χ0v) is 16.2. The van der Waals surface area contributed by atoms with Gasteiger partial charge in [0, 0.05) is 18.0 Å². The van der Waals surface area contributed by atoms with E-state index >= 15 is 0 Å². The standard InChI is InChI=1S/C21H17Cl2NO3/c1-2-12-3-6-14(7-4-12)24-18-11-27-21(26)20(18)15(10-19(24)25)13-5-8-16(22)17(23)9-13/h3-9,15H,2,10-11H2,1H3. The van der Waals surface area contributed by atoms with Crippen LogP contribution in [0.15, 0.2) is 53.7 Å². The summed E-state index contributed by atoms with van der Waals surface area (Å²) >= 11 is 12.1. The number of nitrogens with zero attached hydrogens (tertiary/aromatic N) is 1. The lowest BCUT2D eigenvalue weighted by molar-refractivity contribution is -0.136. The molecule has 0 aromatic heterocycles. The Labute approximate surface area is 167 Å². The Hall–Kier alpha value is -2.30. The van der Waals surface area contributed by atoms with E-state index in [0.717, 1.165) is 17.7 Å². The highest BCUT2D eigenvalue weighted by molar-refractivity contribution is 6.42. The van der Waals surface area contributed by atoms with E-state index in [9.17, 15) is 9.59 Å². The molecule has 0 aliphatic carbocycles. The Morgan fingerprint density at radius 3 is 2.48 bits per heavy atom. The number of cyclic esters (lactones) is 1. The van der Waals surface area contributed by atoms with E-state index in [1.807, 2.05) is 24.3 Å². The number of amides is 1. The molecule has 2 aromatic rings. The van der Waals surface area contributed by atoms with Crippen LogP contribution in [0.4, 0.5) is 5.69 Å². The van der Waals surface area contributed by atoms with Gasteiger partial charge in [-0.2, -0.15) is 0 Å². The molecule has 6 heteroatoms. The summed E-state index contributed by atoms with van der Waals surface area (Å²) < 4.78 is 5.28. The van der Waals surface area contributed by atoms with Gasteiger partial charge < -0.3 is 4.74 Å². The first kappa shape index (κ1) is 18.1. The van der Waals surface area contributed by atoms with Crippen LogP contribution in [0.3, 0.4) is 0 Å². The molecule has 1 amide bonds. The highest BCUT2D eigenvalue weighted by Gasteiger charge is 2.43. The number of hydrogen-bond acceptors (Lipinski definition) is 3. The Morgan fingerprint density at radius 1 is 1.07 bits per heavy atom. The normalized spacial score (nSPS) is 19.4. The molecule has 4 rings (SSSR count). The van der Waals surface area contributed by atoms with Gasteiger partial charge in [-0.05, 0) is 41.8 Å². The third-order valence-corrected chi connectivity index (χ3v) is 5.81. The summed E-state index contributed by atoms with van der Waals surface area (Å²) in [6, 6.07) is 13.0. The molecule has 0 N–H and O–H groups in total. The molecule has 4 nitrogen and oxygen atoms in total. The molecule has 1 unspecified atom stereocenters. The van der Waals surface area contributed by atoms with Gasteiger partial charge in [0.25, 0.3) is 0 Å². The van der Waals surface area contributed by atoms with Crippen molar-refractivity contribution in [2.45, 2.75) is 25.7 Å². The fourth-order valence-corrected chi connectivity index (χ4v) is 3.95. The molecule has 2 aromatic carbocycles. The van der Waals surface area contributed by atoms with Gasteiger partial charge in [0.15, 0.2) is 0 Å². The minimum atomic E-state index is -0.386. The second-order valence-electron chi connectivity index (χ2n) is 6.62. The summed E-state index contributed by atoms with van der Waals surface area (Å²) in [6.45, 7) is 2.17. The van der Waals surface area contributed by atoms with Crippen molar-refractivity contribution >= 4 is 40.8 Å². The maximum absolute atomic E-state index is 13.0. The summed E-state index contributed by atoms with van der Waals surface area (Å²) in [6.07, 6.45) is 1.09. The van der Waals surface area contributed by atoms with Crippen LogP contribution in [0.5, 0.6) is 0 Å². The minimum Gasteiger partial charge on any atom is -0.456 e. The fraction of sp³-hybridized carbons (Fsp3) is 0.238. The zero-order valence-electron chi connectivity index (χ0n) is 14.7. The first-order valence-corrected chi connectivity index (χ1v) is 9.52. The number of anilines is 1.